The number of nitrogens with one attached hydrogen (secondary N) is 1. The highest BCUT2D eigenvalue weighted by Crippen LogP contribution is 2.39. The van der Waals surface area contributed by atoms with Crippen molar-refractivity contribution in [2.75, 3.05) is 16.8 Å². The highest BCUT2D eigenvalue weighted by atomic mass is 16.2. The summed E-state index contributed by atoms with van der Waals surface area (Å²) >= 11 is 0. The Hall–Kier alpha value is -3.23. The number of imidazole rings is 1. The topological polar surface area (TPSA) is 95.8 Å². The molecule has 1 amide bonds. The molecule has 29 heavy (non-hydrogen) atoms. The first kappa shape index (κ1) is 17.8. The number of fused-ring (bicyclic) bond motifs is 1. The summed E-state index contributed by atoms with van der Waals surface area (Å²) in [5.41, 5.74) is 1.63. The van der Waals surface area contributed by atoms with Gasteiger partial charge in [0.1, 0.15) is 17.6 Å². The molecule has 3 aromatic heterocycles. The SMILES string of the molecule is CCC1C(=O)N(C)c2cnc(-n3ccnc3-c3cn[nH]c3)nc2N1C1CCCC1. The van der Waals surface area contributed by atoms with Gasteiger partial charge in [-0.3, -0.25) is 14.5 Å². The molecule has 0 radical (unpaired) electrons. The predicted octanol–water partition coefficient (Wildman–Crippen LogP) is 2.56. The van der Waals surface area contributed by atoms with Gasteiger partial charge in [0.25, 0.3) is 0 Å². The number of hydrogen-bond donors (Lipinski definition) is 1. The lowest BCUT2D eigenvalue weighted by molar-refractivity contribution is -0.120. The van der Waals surface area contributed by atoms with Crippen LogP contribution in [0.4, 0.5) is 11.5 Å². The fraction of sp³-hybridized carbons (Fsp3) is 0.450. The maximum atomic E-state index is 13.0. The van der Waals surface area contributed by atoms with Gasteiger partial charge in [-0.2, -0.15) is 10.1 Å². The Kier molecular flexibility index (Phi) is 4.30. The molecule has 1 fully saturated rings. The van der Waals surface area contributed by atoms with E-state index in [2.05, 4.69) is 32.0 Å². The van der Waals surface area contributed by atoms with Crippen molar-refractivity contribution in [1.82, 2.24) is 29.7 Å². The van der Waals surface area contributed by atoms with Gasteiger partial charge in [-0.15, -0.1) is 0 Å². The van der Waals surface area contributed by atoms with Crippen LogP contribution in [0.25, 0.3) is 17.3 Å². The van der Waals surface area contributed by atoms with E-state index in [4.69, 9.17) is 4.98 Å². The van der Waals surface area contributed by atoms with Gasteiger partial charge in [-0.25, -0.2) is 9.97 Å². The molecule has 3 aromatic rings. The summed E-state index contributed by atoms with van der Waals surface area (Å²) in [4.78, 5) is 30.9. The third-order valence-corrected chi connectivity index (χ3v) is 6.01. The summed E-state index contributed by atoms with van der Waals surface area (Å²) in [6.07, 6.45) is 14.2. The summed E-state index contributed by atoms with van der Waals surface area (Å²) in [7, 11) is 1.81. The number of likely N-dealkylation sites (N-methyl/N-ethyl adjacent to an activating group) is 1. The number of rotatable bonds is 4. The minimum absolute atomic E-state index is 0.116. The lowest BCUT2D eigenvalue weighted by atomic mass is 10.0. The third-order valence-electron chi connectivity index (χ3n) is 6.01. The molecule has 0 spiro atoms. The highest BCUT2D eigenvalue weighted by molar-refractivity contribution is 6.04. The van der Waals surface area contributed by atoms with Crippen LogP contribution in [0.1, 0.15) is 39.0 Å². The molecule has 4 heterocycles. The number of aromatic amines is 1. The Balaban J connectivity index is 1.64. The van der Waals surface area contributed by atoms with E-state index in [1.165, 1.54) is 12.8 Å². The molecule has 0 saturated heterocycles. The van der Waals surface area contributed by atoms with Crippen molar-refractivity contribution in [2.24, 2.45) is 0 Å². The Labute approximate surface area is 168 Å². The van der Waals surface area contributed by atoms with E-state index in [9.17, 15) is 4.79 Å². The molecule has 5 rings (SSSR count). The molecule has 9 heteroatoms. The van der Waals surface area contributed by atoms with E-state index >= 15 is 0 Å². The number of nitrogens with zero attached hydrogens (tertiary/aromatic N) is 7. The zero-order valence-electron chi connectivity index (χ0n) is 16.6. The molecular weight excluding hydrogens is 368 g/mol. The lowest BCUT2D eigenvalue weighted by Gasteiger charge is -2.43. The maximum Gasteiger partial charge on any atom is 0.249 e. The van der Waals surface area contributed by atoms with Crippen LogP contribution < -0.4 is 9.80 Å². The number of anilines is 2. The Morgan fingerprint density at radius 3 is 2.76 bits per heavy atom. The second-order valence-corrected chi connectivity index (χ2v) is 7.65. The van der Waals surface area contributed by atoms with Crippen LogP contribution in [0.3, 0.4) is 0 Å². The first-order chi connectivity index (χ1) is 14.2. The number of H-pyrrole nitrogens is 1. The minimum Gasteiger partial charge on any atom is -0.340 e. The van der Waals surface area contributed by atoms with Crippen molar-refractivity contribution in [2.45, 2.75) is 51.1 Å². The monoisotopic (exact) mass is 392 g/mol. The molecule has 1 aliphatic heterocycles. The van der Waals surface area contributed by atoms with E-state index < -0.39 is 0 Å². The van der Waals surface area contributed by atoms with Crippen molar-refractivity contribution in [1.29, 1.82) is 0 Å². The van der Waals surface area contributed by atoms with Gasteiger partial charge in [0.15, 0.2) is 5.82 Å². The van der Waals surface area contributed by atoms with Gasteiger partial charge in [0.05, 0.1) is 18.0 Å². The van der Waals surface area contributed by atoms with Gasteiger partial charge in [-0.1, -0.05) is 19.8 Å². The molecule has 0 aromatic carbocycles. The van der Waals surface area contributed by atoms with Gasteiger partial charge in [-0.05, 0) is 19.3 Å². The normalized spacial score (nSPS) is 19.8. The standard InChI is InChI=1S/C20H24N8O/c1-3-15-19(29)26(2)16-12-22-20(25-18(16)28(15)14-6-4-5-7-14)27-9-8-21-17(27)13-10-23-24-11-13/h8-12,14-15H,3-7H2,1-2H3,(H,23,24). The number of amides is 1. The van der Waals surface area contributed by atoms with Crippen molar-refractivity contribution in [3.63, 3.8) is 0 Å². The first-order valence-corrected chi connectivity index (χ1v) is 10.1. The van der Waals surface area contributed by atoms with Crippen LogP contribution in [0.15, 0.2) is 31.0 Å². The molecule has 1 unspecified atom stereocenters. The number of aromatic nitrogens is 6. The summed E-state index contributed by atoms with van der Waals surface area (Å²) in [6.45, 7) is 2.07. The van der Waals surface area contributed by atoms with Crippen LogP contribution in [0, 0.1) is 0 Å². The number of carbonyl (C=O) groups excluding carboxylic acids is 1. The van der Waals surface area contributed by atoms with E-state index in [0.717, 1.165) is 42.2 Å². The van der Waals surface area contributed by atoms with Crippen LogP contribution in [0.2, 0.25) is 0 Å². The number of hydrogen-bond acceptors (Lipinski definition) is 6. The zero-order chi connectivity index (χ0) is 20.0. The summed E-state index contributed by atoms with van der Waals surface area (Å²) in [5, 5.41) is 6.83. The second-order valence-electron chi connectivity index (χ2n) is 7.65. The Morgan fingerprint density at radius 1 is 1.21 bits per heavy atom. The average molecular weight is 392 g/mol. The van der Waals surface area contributed by atoms with E-state index in [1.807, 2.05) is 17.8 Å². The summed E-state index contributed by atoms with van der Waals surface area (Å²) < 4.78 is 1.86. The molecule has 0 bridgehead atoms. The summed E-state index contributed by atoms with van der Waals surface area (Å²) in [6, 6.07) is 0.157. The minimum atomic E-state index is -0.186. The predicted molar refractivity (Wildman–Crippen MR) is 109 cm³/mol. The highest BCUT2D eigenvalue weighted by Gasteiger charge is 2.41. The summed E-state index contributed by atoms with van der Waals surface area (Å²) in [5.74, 6) is 2.21. The average Bonchev–Trinajstić information content (AvgIpc) is 3.51. The molecule has 1 saturated carbocycles. The lowest BCUT2D eigenvalue weighted by Crippen LogP contribution is -2.55. The molecular formula is C20H24N8O. The largest absolute Gasteiger partial charge is 0.340 e. The molecule has 2 aliphatic rings. The molecule has 1 aliphatic carbocycles. The molecule has 150 valence electrons. The number of carbonyl (C=O) groups is 1. The van der Waals surface area contributed by atoms with Crippen molar-refractivity contribution < 1.29 is 4.79 Å². The zero-order valence-corrected chi connectivity index (χ0v) is 16.6. The Morgan fingerprint density at radius 2 is 2.03 bits per heavy atom. The van der Waals surface area contributed by atoms with Crippen LogP contribution >= 0.6 is 0 Å². The van der Waals surface area contributed by atoms with E-state index in [1.54, 1.807) is 29.7 Å². The van der Waals surface area contributed by atoms with Crippen LogP contribution in [0.5, 0.6) is 0 Å². The van der Waals surface area contributed by atoms with E-state index in [-0.39, 0.29) is 11.9 Å². The fourth-order valence-corrected chi connectivity index (χ4v) is 4.54. The second kappa shape index (κ2) is 6.98. The first-order valence-electron chi connectivity index (χ1n) is 10.1. The van der Waals surface area contributed by atoms with Crippen molar-refractivity contribution in [3.05, 3.63) is 31.0 Å². The third kappa shape index (κ3) is 2.80. The smallest absolute Gasteiger partial charge is 0.249 e. The van der Waals surface area contributed by atoms with Gasteiger partial charge < -0.3 is 9.80 Å². The van der Waals surface area contributed by atoms with Gasteiger partial charge in [0, 0.05) is 31.7 Å². The maximum absolute atomic E-state index is 13.0. The quantitative estimate of drug-likeness (QED) is 0.733. The van der Waals surface area contributed by atoms with Gasteiger partial charge in [0.2, 0.25) is 11.9 Å². The van der Waals surface area contributed by atoms with Crippen LogP contribution in [-0.4, -0.2) is 54.8 Å². The molecule has 9 nitrogen and oxygen atoms in total. The Bertz CT molecular complexity index is 1020. The van der Waals surface area contributed by atoms with E-state index in [0.29, 0.717) is 12.0 Å². The van der Waals surface area contributed by atoms with Gasteiger partial charge >= 0.3 is 0 Å². The van der Waals surface area contributed by atoms with Crippen LogP contribution in [-0.2, 0) is 4.79 Å². The fourth-order valence-electron chi connectivity index (χ4n) is 4.54. The van der Waals surface area contributed by atoms with Crippen molar-refractivity contribution >= 4 is 17.4 Å². The van der Waals surface area contributed by atoms with Crippen molar-refractivity contribution in [3.8, 4) is 17.3 Å². The molecule has 1 atom stereocenters. The molecule has 1 N–H and O–H groups in total.